The lowest BCUT2D eigenvalue weighted by Gasteiger charge is -2.36. The molecule has 2 fully saturated rings. The van der Waals surface area contributed by atoms with Gasteiger partial charge in [-0.25, -0.2) is 4.39 Å². The molecule has 1 saturated heterocycles. The molecule has 1 aliphatic heterocycles. The molecule has 1 amide bonds. The number of amides is 1. The Kier molecular flexibility index (Phi) is 4.39. The molecule has 0 bridgehead atoms. The molecule has 2 aliphatic carbocycles. The molecule has 1 unspecified atom stereocenters. The minimum Gasteiger partial charge on any atom is -0.369 e. The number of halogens is 2. The molecule has 1 atom stereocenters. The second kappa shape index (κ2) is 5.74. The molecule has 112 valence electrons. The maximum Gasteiger partial charge on any atom is 0.228 e. The van der Waals surface area contributed by atoms with E-state index in [1.807, 2.05) is 11.0 Å². The molecule has 3 N–H and O–H groups in total. The first-order valence-electron chi connectivity index (χ1n) is 6.97. The average molecular weight is 302 g/mol. The zero-order valence-corrected chi connectivity index (χ0v) is 12.2. The zero-order chi connectivity index (χ0) is 13.5. The van der Waals surface area contributed by atoms with E-state index >= 15 is 0 Å². The van der Waals surface area contributed by atoms with E-state index in [0.717, 1.165) is 39.0 Å². The van der Waals surface area contributed by atoms with Crippen LogP contribution < -0.4 is 11.1 Å². The van der Waals surface area contributed by atoms with Gasteiger partial charge in [-0.3, -0.25) is 4.79 Å². The van der Waals surface area contributed by atoms with Crippen LogP contribution in [0.3, 0.4) is 0 Å². The number of nitrogens with one attached hydrogen (secondary N) is 1. The predicted octanol–water partition coefficient (Wildman–Crippen LogP) is 1.34. The Morgan fingerprint density at radius 2 is 2.05 bits per heavy atom. The molecule has 0 radical (unpaired) electrons. The van der Waals surface area contributed by atoms with Gasteiger partial charge in [0.05, 0.1) is 11.1 Å². The first-order valence-corrected chi connectivity index (χ1v) is 6.97. The van der Waals surface area contributed by atoms with Crippen molar-refractivity contribution in [2.75, 3.05) is 26.2 Å². The number of hydrogen-bond donors (Lipinski definition) is 2. The summed E-state index contributed by atoms with van der Waals surface area (Å²) in [4.78, 5) is 13.8. The molecule has 20 heavy (non-hydrogen) atoms. The number of carbonyl (C=O) groups excluding carboxylic acids is 1. The van der Waals surface area contributed by atoms with Gasteiger partial charge in [0.1, 0.15) is 5.83 Å². The largest absolute Gasteiger partial charge is 0.369 e. The molecule has 3 rings (SSSR count). The fourth-order valence-corrected chi connectivity index (χ4v) is 3.16. The molecule has 1 saturated carbocycles. The van der Waals surface area contributed by atoms with Crippen LogP contribution in [0.15, 0.2) is 23.7 Å². The van der Waals surface area contributed by atoms with E-state index in [1.165, 1.54) is 0 Å². The number of nitrogens with zero attached hydrogens (tertiary/aromatic N) is 1. The fourth-order valence-electron chi connectivity index (χ4n) is 3.16. The molecule has 1 heterocycles. The Labute approximate surface area is 124 Å². The Morgan fingerprint density at radius 1 is 1.40 bits per heavy atom. The van der Waals surface area contributed by atoms with Gasteiger partial charge in [-0.2, -0.15) is 0 Å². The molecule has 0 spiro atoms. The summed E-state index contributed by atoms with van der Waals surface area (Å²) in [6.45, 7) is 3.35. The molecule has 0 aromatic rings. The van der Waals surface area contributed by atoms with Gasteiger partial charge in [0.15, 0.2) is 0 Å². The molecule has 6 heteroatoms. The standard InChI is InChI=1S/C14H20FN3O.ClH/c15-11-9-14(13(16)19,10-1-2-10)4-3-12(11)18-7-5-17-6-8-18;/h3-4,10,17H,1-2,5-9H2,(H2,16,19);1H. The topological polar surface area (TPSA) is 58.4 Å². The first kappa shape index (κ1) is 15.3. The molecule has 0 aromatic carbocycles. The Bertz CT molecular complexity index is 455. The molecule has 0 aromatic heterocycles. The van der Waals surface area contributed by atoms with Crippen LogP contribution in [0.5, 0.6) is 0 Å². The number of hydrogen-bond acceptors (Lipinski definition) is 3. The Morgan fingerprint density at radius 3 is 2.55 bits per heavy atom. The van der Waals surface area contributed by atoms with Crippen molar-refractivity contribution in [3.63, 3.8) is 0 Å². The number of piperazine rings is 1. The maximum absolute atomic E-state index is 14.4. The molecular weight excluding hydrogens is 281 g/mol. The van der Waals surface area contributed by atoms with Crippen molar-refractivity contribution < 1.29 is 9.18 Å². The number of allylic oxidation sites excluding steroid dienone is 2. The van der Waals surface area contributed by atoms with E-state index in [2.05, 4.69) is 5.32 Å². The smallest absolute Gasteiger partial charge is 0.228 e. The van der Waals surface area contributed by atoms with Crippen molar-refractivity contribution in [3.8, 4) is 0 Å². The predicted molar refractivity (Wildman–Crippen MR) is 77.9 cm³/mol. The summed E-state index contributed by atoms with van der Waals surface area (Å²) in [6, 6.07) is 0. The van der Waals surface area contributed by atoms with Gasteiger partial charge >= 0.3 is 0 Å². The van der Waals surface area contributed by atoms with E-state index in [9.17, 15) is 9.18 Å². The lowest BCUT2D eigenvalue weighted by Crippen LogP contribution is -2.44. The van der Waals surface area contributed by atoms with Crippen LogP contribution in [0.1, 0.15) is 19.3 Å². The Hall–Kier alpha value is -1.07. The maximum atomic E-state index is 14.4. The van der Waals surface area contributed by atoms with Crippen molar-refractivity contribution in [3.05, 3.63) is 23.7 Å². The van der Waals surface area contributed by atoms with Crippen molar-refractivity contribution in [2.45, 2.75) is 19.3 Å². The fraction of sp³-hybridized carbons (Fsp3) is 0.643. The highest BCUT2D eigenvalue weighted by Crippen LogP contribution is 2.52. The molecular formula is C14H21ClFN3O. The van der Waals surface area contributed by atoms with Gasteiger partial charge in [0.2, 0.25) is 5.91 Å². The summed E-state index contributed by atoms with van der Waals surface area (Å²) in [5, 5.41) is 3.25. The van der Waals surface area contributed by atoms with E-state index < -0.39 is 5.41 Å². The number of rotatable bonds is 3. The highest BCUT2D eigenvalue weighted by atomic mass is 35.5. The second-order valence-electron chi connectivity index (χ2n) is 5.72. The van der Waals surface area contributed by atoms with Crippen LogP contribution in [0, 0.1) is 11.3 Å². The highest BCUT2D eigenvalue weighted by molar-refractivity contribution is 5.85. The molecule has 3 aliphatic rings. The van der Waals surface area contributed by atoms with Crippen LogP contribution in [0.25, 0.3) is 0 Å². The van der Waals surface area contributed by atoms with Crippen molar-refractivity contribution in [2.24, 2.45) is 17.1 Å². The van der Waals surface area contributed by atoms with Gasteiger partial charge in [-0.15, -0.1) is 12.4 Å². The van der Waals surface area contributed by atoms with Crippen LogP contribution in [0.4, 0.5) is 4.39 Å². The van der Waals surface area contributed by atoms with Crippen LogP contribution in [0.2, 0.25) is 0 Å². The lowest BCUT2D eigenvalue weighted by atomic mass is 9.75. The van der Waals surface area contributed by atoms with Crippen LogP contribution >= 0.6 is 12.4 Å². The summed E-state index contributed by atoms with van der Waals surface area (Å²) in [5.41, 5.74) is 5.39. The monoisotopic (exact) mass is 301 g/mol. The summed E-state index contributed by atoms with van der Waals surface area (Å²) in [6.07, 6.45) is 5.72. The third-order valence-corrected chi connectivity index (χ3v) is 4.49. The summed E-state index contributed by atoms with van der Waals surface area (Å²) < 4.78 is 14.4. The van der Waals surface area contributed by atoms with Crippen molar-refractivity contribution >= 4 is 18.3 Å². The van der Waals surface area contributed by atoms with Gasteiger partial charge in [0, 0.05) is 32.6 Å². The van der Waals surface area contributed by atoms with E-state index in [4.69, 9.17) is 5.73 Å². The normalized spacial score (nSPS) is 30.1. The van der Waals surface area contributed by atoms with Crippen LogP contribution in [-0.4, -0.2) is 37.0 Å². The number of carbonyl (C=O) groups is 1. The van der Waals surface area contributed by atoms with Crippen molar-refractivity contribution in [1.29, 1.82) is 0 Å². The van der Waals surface area contributed by atoms with Gasteiger partial charge < -0.3 is 16.0 Å². The second-order valence-corrected chi connectivity index (χ2v) is 5.72. The zero-order valence-electron chi connectivity index (χ0n) is 11.4. The van der Waals surface area contributed by atoms with Crippen molar-refractivity contribution in [1.82, 2.24) is 10.2 Å². The van der Waals surface area contributed by atoms with E-state index in [-0.39, 0.29) is 36.5 Å². The first-order chi connectivity index (χ1) is 9.13. The summed E-state index contributed by atoms with van der Waals surface area (Å²) in [5.74, 6) is -0.340. The van der Waals surface area contributed by atoms with Gasteiger partial charge in [-0.05, 0) is 24.8 Å². The third kappa shape index (κ3) is 2.56. The minimum absolute atomic E-state index is 0. The third-order valence-electron chi connectivity index (χ3n) is 4.49. The summed E-state index contributed by atoms with van der Waals surface area (Å²) >= 11 is 0. The molecule has 4 nitrogen and oxygen atoms in total. The number of primary amides is 1. The highest BCUT2D eigenvalue weighted by Gasteiger charge is 2.50. The summed E-state index contributed by atoms with van der Waals surface area (Å²) in [7, 11) is 0. The lowest BCUT2D eigenvalue weighted by molar-refractivity contribution is -0.126. The van der Waals surface area contributed by atoms with Crippen LogP contribution in [-0.2, 0) is 4.79 Å². The quantitative estimate of drug-likeness (QED) is 0.827. The van der Waals surface area contributed by atoms with Gasteiger partial charge in [0.25, 0.3) is 0 Å². The number of nitrogens with two attached hydrogens (primary N) is 1. The Balaban J connectivity index is 0.00000147. The van der Waals surface area contributed by atoms with E-state index in [0.29, 0.717) is 5.70 Å². The minimum atomic E-state index is -0.776. The van der Waals surface area contributed by atoms with E-state index in [1.54, 1.807) is 6.08 Å². The SMILES string of the molecule is Cl.NC(=O)C1(C2CC2)C=CC(N2CCNCC2)=C(F)C1. The average Bonchev–Trinajstić information content (AvgIpc) is 3.24. The van der Waals surface area contributed by atoms with Gasteiger partial charge in [-0.1, -0.05) is 6.08 Å².